The molecule has 0 radical (unpaired) electrons. The van der Waals surface area contributed by atoms with E-state index in [0.717, 1.165) is 50.4 Å². The molecule has 2 aliphatic carbocycles. The maximum atomic E-state index is 13.4. The molecule has 0 aliphatic heterocycles. The zero-order valence-electron chi connectivity index (χ0n) is 31.0. The quantitative estimate of drug-likeness (QED) is 0.113. The number of aliphatic hydroxyl groups excluding tert-OH is 1. The van der Waals surface area contributed by atoms with E-state index in [-0.39, 0.29) is 45.2 Å². The number of carbonyl (C=O) groups excluding carboxylic acids is 2. The molecular weight excluding hydrogens is 548 g/mol. The third-order valence-electron chi connectivity index (χ3n) is 12.5. The molecule has 0 aromatic carbocycles. The summed E-state index contributed by atoms with van der Waals surface area (Å²) in [6.45, 7) is 29.4. The number of ketones is 2. The SMILES string of the molecule is CCCC(C)(C)CC[C@@](C)(CCC(C)(C)[C@]1(C)CC[C@H]2C(C)(C)C(=O)/C(=C\O)C[C@]2(C)/C1=C/C(C)=O)C(OCOC)C(C)C. The van der Waals surface area contributed by atoms with Crippen LogP contribution in [0.25, 0.3) is 0 Å². The van der Waals surface area contributed by atoms with Crippen molar-refractivity contribution in [3.8, 4) is 0 Å². The molecule has 2 fully saturated rings. The molecule has 2 saturated carbocycles. The van der Waals surface area contributed by atoms with Gasteiger partial charge >= 0.3 is 0 Å². The van der Waals surface area contributed by atoms with Crippen molar-refractivity contribution in [2.45, 2.75) is 154 Å². The van der Waals surface area contributed by atoms with Gasteiger partial charge in [-0.1, -0.05) is 95.1 Å². The molecule has 0 heterocycles. The van der Waals surface area contributed by atoms with Crippen LogP contribution in [0.1, 0.15) is 148 Å². The van der Waals surface area contributed by atoms with Gasteiger partial charge in [-0.05, 0) is 103 Å². The number of Topliss-reactive ketones (excluding diaryl/α,β-unsaturated/α-hetero) is 1. The van der Waals surface area contributed by atoms with Crippen LogP contribution in [-0.4, -0.2) is 36.7 Å². The van der Waals surface area contributed by atoms with Crippen LogP contribution in [0.3, 0.4) is 0 Å². The summed E-state index contributed by atoms with van der Waals surface area (Å²) < 4.78 is 11.9. The molecule has 0 spiro atoms. The molecule has 0 aromatic heterocycles. The standard InChI is InChI=1S/C39H68O5/c1-15-17-34(5,6)19-21-37(11,33(27(2)3)44-26-43-14)22-20-35(7,8)39(13)18-16-30-36(9,10)32(42)29(25-40)24-38(30,12)31(39)23-28(4)41/h23,25,27,30,33,40H,15-22,24,26H2,1-14H3/b29-25-,31-23-/t30-,33?,37-,38-,39+/m0/s1. The summed E-state index contributed by atoms with van der Waals surface area (Å²) in [5, 5.41) is 10.1. The Balaban J connectivity index is 2.58. The molecule has 2 aliphatic rings. The smallest absolute Gasteiger partial charge is 0.167 e. The van der Waals surface area contributed by atoms with Crippen molar-refractivity contribution < 1.29 is 24.2 Å². The number of carbonyl (C=O) groups is 2. The molecule has 5 heteroatoms. The monoisotopic (exact) mass is 617 g/mol. The summed E-state index contributed by atoms with van der Waals surface area (Å²) in [5.41, 5.74) is 0.428. The predicted molar refractivity (Wildman–Crippen MR) is 182 cm³/mol. The summed E-state index contributed by atoms with van der Waals surface area (Å²) in [4.78, 5) is 26.3. The van der Waals surface area contributed by atoms with Crippen LogP contribution < -0.4 is 0 Å². The number of methoxy groups -OCH3 is 1. The molecule has 0 bridgehead atoms. The fraction of sp³-hybridized carbons (Fsp3) is 0.846. The van der Waals surface area contributed by atoms with Crippen LogP contribution >= 0.6 is 0 Å². The Morgan fingerprint density at radius 1 is 1.02 bits per heavy atom. The van der Waals surface area contributed by atoms with E-state index in [0.29, 0.717) is 24.7 Å². The number of allylic oxidation sites excluding steroid dienone is 3. The minimum atomic E-state index is -0.615. The first-order valence-corrected chi connectivity index (χ1v) is 17.3. The van der Waals surface area contributed by atoms with Crippen molar-refractivity contribution >= 4 is 11.6 Å². The second-order valence-electron chi connectivity index (χ2n) is 17.6. The number of fused-ring (bicyclic) bond motifs is 1. The van der Waals surface area contributed by atoms with Crippen LogP contribution in [0.5, 0.6) is 0 Å². The van der Waals surface area contributed by atoms with E-state index >= 15 is 0 Å². The minimum absolute atomic E-state index is 0.0325. The van der Waals surface area contributed by atoms with Crippen molar-refractivity contribution in [2.24, 2.45) is 44.3 Å². The van der Waals surface area contributed by atoms with E-state index in [2.05, 4.69) is 69.2 Å². The lowest BCUT2D eigenvalue weighted by Gasteiger charge is -2.63. The number of ether oxygens (including phenoxy) is 2. The van der Waals surface area contributed by atoms with Crippen molar-refractivity contribution in [3.05, 3.63) is 23.5 Å². The van der Waals surface area contributed by atoms with E-state index < -0.39 is 10.8 Å². The van der Waals surface area contributed by atoms with Gasteiger partial charge in [0.1, 0.15) is 6.79 Å². The van der Waals surface area contributed by atoms with E-state index in [4.69, 9.17) is 9.47 Å². The molecule has 1 N–H and O–H groups in total. The normalized spacial score (nSPS) is 30.0. The molecular formula is C39H68O5. The average Bonchev–Trinajstić information content (AvgIpc) is 2.90. The summed E-state index contributed by atoms with van der Waals surface area (Å²) in [6, 6.07) is 0. The Labute approximate surface area is 271 Å². The first-order chi connectivity index (χ1) is 20.1. The van der Waals surface area contributed by atoms with Gasteiger partial charge in [0.05, 0.1) is 12.4 Å². The number of rotatable bonds is 15. The van der Waals surface area contributed by atoms with Crippen LogP contribution in [0.2, 0.25) is 0 Å². The lowest BCUT2D eigenvalue weighted by atomic mass is 9.41. The number of aliphatic hydroxyl groups is 1. The Bertz CT molecular complexity index is 1080. The highest BCUT2D eigenvalue weighted by Crippen LogP contribution is 2.68. The molecule has 0 amide bonds. The second kappa shape index (κ2) is 14.1. The zero-order chi connectivity index (χ0) is 33.9. The number of hydrogen-bond acceptors (Lipinski definition) is 5. The second-order valence-corrected chi connectivity index (χ2v) is 17.6. The van der Waals surface area contributed by atoms with Crippen LogP contribution in [0.15, 0.2) is 23.5 Å². The Kier molecular flexibility index (Phi) is 12.4. The molecule has 5 nitrogen and oxygen atoms in total. The fourth-order valence-corrected chi connectivity index (χ4v) is 9.51. The Hall–Kier alpha value is -1.46. The highest BCUT2D eigenvalue weighted by molar-refractivity contribution is 6.01. The van der Waals surface area contributed by atoms with Crippen molar-refractivity contribution in [2.75, 3.05) is 13.9 Å². The number of hydrogen-bond donors (Lipinski definition) is 1. The van der Waals surface area contributed by atoms with Crippen molar-refractivity contribution in [3.63, 3.8) is 0 Å². The third kappa shape index (κ3) is 7.73. The average molecular weight is 617 g/mol. The van der Waals surface area contributed by atoms with Crippen LogP contribution in [0.4, 0.5) is 0 Å². The van der Waals surface area contributed by atoms with E-state index in [1.807, 2.05) is 19.9 Å². The molecule has 44 heavy (non-hydrogen) atoms. The fourth-order valence-electron chi connectivity index (χ4n) is 9.51. The molecule has 0 saturated heterocycles. The molecule has 254 valence electrons. The van der Waals surface area contributed by atoms with Gasteiger partial charge in [-0.25, -0.2) is 0 Å². The van der Waals surface area contributed by atoms with Crippen LogP contribution in [0, 0.1) is 44.3 Å². The largest absolute Gasteiger partial charge is 0.515 e. The maximum Gasteiger partial charge on any atom is 0.167 e. The molecule has 5 atom stereocenters. The first-order valence-electron chi connectivity index (χ1n) is 17.3. The van der Waals surface area contributed by atoms with E-state index in [1.165, 1.54) is 12.8 Å². The summed E-state index contributed by atoms with van der Waals surface area (Å²) in [7, 11) is 1.69. The maximum absolute atomic E-state index is 13.4. The van der Waals surface area contributed by atoms with Gasteiger partial charge < -0.3 is 14.6 Å². The minimum Gasteiger partial charge on any atom is -0.515 e. The zero-order valence-corrected chi connectivity index (χ0v) is 31.0. The van der Waals surface area contributed by atoms with Gasteiger partial charge in [0.25, 0.3) is 0 Å². The topological polar surface area (TPSA) is 72.8 Å². The first kappa shape index (κ1) is 38.7. The summed E-state index contributed by atoms with van der Waals surface area (Å²) >= 11 is 0. The van der Waals surface area contributed by atoms with Gasteiger partial charge in [0.15, 0.2) is 11.6 Å². The summed E-state index contributed by atoms with van der Waals surface area (Å²) in [6.07, 6.45) is 11.9. The highest BCUT2D eigenvalue weighted by Gasteiger charge is 2.62. The molecule has 0 aromatic rings. The highest BCUT2D eigenvalue weighted by atomic mass is 16.7. The Morgan fingerprint density at radius 3 is 2.11 bits per heavy atom. The lowest BCUT2D eigenvalue weighted by molar-refractivity contribution is -0.143. The molecule has 1 unspecified atom stereocenters. The van der Waals surface area contributed by atoms with Gasteiger partial charge in [-0.15, -0.1) is 0 Å². The van der Waals surface area contributed by atoms with E-state index in [1.54, 1.807) is 14.0 Å². The lowest BCUT2D eigenvalue weighted by Crippen LogP contribution is -2.57. The van der Waals surface area contributed by atoms with Gasteiger partial charge in [0.2, 0.25) is 0 Å². The van der Waals surface area contributed by atoms with E-state index in [9.17, 15) is 14.7 Å². The van der Waals surface area contributed by atoms with Crippen LogP contribution in [-0.2, 0) is 19.1 Å². The van der Waals surface area contributed by atoms with Crippen molar-refractivity contribution in [1.29, 1.82) is 0 Å². The Morgan fingerprint density at radius 2 is 1.61 bits per heavy atom. The predicted octanol–water partition coefficient (Wildman–Crippen LogP) is 10.4. The molecule has 2 rings (SSSR count). The van der Waals surface area contributed by atoms with Gasteiger partial charge in [-0.3, -0.25) is 9.59 Å². The third-order valence-corrected chi connectivity index (χ3v) is 12.5. The van der Waals surface area contributed by atoms with Gasteiger partial charge in [-0.2, -0.15) is 0 Å². The van der Waals surface area contributed by atoms with Gasteiger partial charge in [0, 0.05) is 18.1 Å². The summed E-state index contributed by atoms with van der Waals surface area (Å²) in [5.74, 6) is 0.518. The van der Waals surface area contributed by atoms with Crippen molar-refractivity contribution in [1.82, 2.24) is 0 Å².